The van der Waals surface area contributed by atoms with E-state index >= 15 is 0 Å². The van der Waals surface area contributed by atoms with E-state index in [4.69, 9.17) is 0 Å². The molecule has 3 N–H and O–H groups in total. The van der Waals surface area contributed by atoms with E-state index in [0.717, 1.165) is 69.9 Å². The molecule has 0 heterocycles. The summed E-state index contributed by atoms with van der Waals surface area (Å²) in [6, 6.07) is 6.58. The fraction of sp³-hybridized carbons (Fsp3) is 0.744. The fourth-order valence-electron chi connectivity index (χ4n) is 11.1. The van der Waals surface area contributed by atoms with Crippen LogP contribution in [0.15, 0.2) is 35.9 Å². The Hall–Kier alpha value is -2.94. The van der Waals surface area contributed by atoms with Crippen LogP contribution in [0.25, 0.3) is 0 Å². The van der Waals surface area contributed by atoms with Gasteiger partial charge in [-0.3, -0.25) is 19.7 Å². The molecule has 2 amide bonds. The first-order valence-electron chi connectivity index (χ1n) is 18.9. The number of rotatable bonds is 11. The van der Waals surface area contributed by atoms with E-state index in [2.05, 4.69) is 37.5 Å². The minimum absolute atomic E-state index is 0.0550. The number of carbonyl (C=O) groups excluding carboxylic acids is 2. The summed E-state index contributed by atoms with van der Waals surface area (Å²) in [7, 11) is 0. The number of hydrogen-bond donors (Lipinski definition) is 3. The van der Waals surface area contributed by atoms with Crippen molar-refractivity contribution in [2.24, 2.45) is 40.4 Å². The van der Waals surface area contributed by atoms with Gasteiger partial charge in [0.25, 0.3) is 5.69 Å². The molecule has 0 aromatic heterocycles. The van der Waals surface area contributed by atoms with E-state index in [9.17, 15) is 24.8 Å². The van der Waals surface area contributed by atoms with Crippen LogP contribution in [0.4, 0.5) is 11.4 Å². The number of hydrogen-bond acceptors (Lipinski definition) is 6. The predicted octanol–water partition coefficient (Wildman–Crippen LogP) is 7.25. The second-order valence-corrected chi connectivity index (χ2v) is 16.4. The summed E-state index contributed by atoms with van der Waals surface area (Å²) in [4.78, 5) is 40.2. The quantitative estimate of drug-likeness (QED) is 0.0993. The van der Waals surface area contributed by atoms with Gasteiger partial charge in [-0.15, -0.1) is 0 Å². The van der Waals surface area contributed by atoms with Gasteiger partial charge in [-0.25, -0.2) is 0 Å². The van der Waals surface area contributed by atoms with Gasteiger partial charge in [0.05, 0.1) is 17.6 Å². The van der Waals surface area contributed by atoms with Crippen molar-refractivity contribution in [1.82, 2.24) is 10.2 Å². The van der Waals surface area contributed by atoms with Crippen molar-refractivity contribution in [3.8, 4) is 0 Å². The molecular weight excluding hydrogens is 604 g/mol. The normalized spacial score (nSPS) is 33.8. The number of aliphatic hydroxyl groups is 1. The minimum atomic E-state index is -0.406. The highest BCUT2D eigenvalue weighted by Crippen LogP contribution is 2.67. The number of allylic oxidation sites excluding steroid dienone is 1. The summed E-state index contributed by atoms with van der Waals surface area (Å²) in [5, 5.41) is 28.0. The van der Waals surface area contributed by atoms with Crippen LogP contribution < -0.4 is 10.6 Å². The lowest BCUT2D eigenvalue weighted by atomic mass is 9.47. The zero-order chi connectivity index (χ0) is 34.1. The topological polar surface area (TPSA) is 125 Å². The van der Waals surface area contributed by atoms with Crippen LogP contribution in [0.3, 0.4) is 0 Å². The molecule has 4 fully saturated rings. The highest BCUT2D eigenvalue weighted by atomic mass is 16.6. The molecule has 8 atom stereocenters. The fourth-order valence-corrected chi connectivity index (χ4v) is 11.1. The van der Waals surface area contributed by atoms with Gasteiger partial charge < -0.3 is 20.6 Å². The van der Waals surface area contributed by atoms with E-state index in [0.29, 0.717) is 43.2 Å². The van der Waals surface area contributed by atoms with E-state index < -0.39 is 4.92 Å². The van der Waals surface area contributed by atoms with Crippen molar-refractivity contribution in [1.29, 1.82) is 0 Å². The summed E-state index contributed by atoms with van der Waals surface area (Å²) in [6.07, 6.45) is 17.0. The summed E-state index contributed by atoms with van der Waals surface area (Å²) in [6.45, 7) is 8.23. The van der Waals surface area contributed by atoms with Crippen molar-refractivity contribution in [3.63, 3.8) is 0 Å². The van der Waals surface area contributed by atoms with Gasteiger partial charge >= 0.3 is 0 Å². The molecule has 1 aromatic carbocycles. The number of amides is 2. The lowest BCUT2D eigenvalue weighted by Crippen LogP contribution is -2.52. The first-order valence-corrected chi connectivity index (χ1v) is 18.9. The van der Waals surface area contributed by atoms with Gasteiger partial charge in [0.15, 0.2) is 0 Å². The van der Waals surface area contributed by atoms with Gasteiger partial charge in [0.1, 0.15) is 0 Å². The van der Waals surface area contributed by atoms with Gasteiger partial charge in [0, 0.05) is 42.9 Å². The maximum atomic E-state index is 14.4. The number of nitro benzene ring substituents is 1. The number of non-ortho nitro benzene ring substituents is 1. The van der Waals surface area contributed by atoms with E-state index in [1.54, 1.807) is 12.1 Å². The number of aliphatic hydroxyl groups excluding tert-OH is 1. The Kier molecular flexibility index (Phi) is 10.5. The van der Waals surface area contributed by atoms with Crippen molar-refractivity contribution in [2.75, 3.05) is 25.0 Å². The largest absolute Gasteiger partial charge is 0.393 e. The number of anilines is 1. The van der Waals surface area contributed by atoms with Gasteiger partial charge in [-0.05, 0) is 117 Å². The molecule has 9 heteroatoms. The third-order valence-corrected chi connectivity index (χ3v) is 13.8. The van der Waals surface area contributed by atoms with Crippen molar-refractivity contribution in [2.45, 2.75) is 123 Å². The lowest BCUT2D eigenvalue weighted by Gasteiger charge is -2.58. The third-order valence-electron chi connectivity index (χ3n) is 13.8. The molecule has 1 aromatic rings. The Labute approximate surface area is 286 Å². The van der Waals surface area contributed by atoms with Crippen LogP contribution in [-0.2, 0) is 9.59 Å². The number of carbonyl (C=O) groups is 2. The summed E-state index contributed by atoms with van der Waals surface area (Å²) in [5.74, 6) is 2.08. The third kappa shape index (κ3) is 7.03. The van der Waals surface area contributed by atoms with Crippen LogP contribution >= 0.6 is 0 Å². The number of fused-ring (bicyclic) bond motifs is 5. The SMILES string of the molecule is CC(C(=O)N(CCCNc1ccc([N+](=O)[O-])cc1)CC(=O)NC1CCCCC1)[C@H]1CC[C@H]2[C@@H]3CC=C4C[C@@H](O)CC[C@]4(C)[C@H]3CC[C@]12C. The molecule has 5 aliphatic rings. The van der Waals surface area contributed by atoms with Crippen LogP contribution in [-0.4, -0.2) is 58.5 Å². The van der Waals surface area contributed by atoms with Crippen LogP contribution in [0, 0.1) is 50.5 Å². The lowest BCUT2D eigenvalue weighted by molar-refractivity contribution is -0.384. The Morgan fingerprint density at radius 2 is 1.77 bits per heavy atom. The second kappa shape index (κ2) is 14.5. The van der Waals surface area contributed by atoms with E-state index in [1.165, 1.54) is 37.0 Å². The standard InChI is InChI=1S/C39H58N4O5/c1-26(33-16-17-34-32-15-10-27-24-31(44)18-20-38(27,2)35(32)19-21-39(33,34)3)37(46)42(25-36(45)41-29-8-5-4-6-9-29)23-7-22-40-28-11-13-30(14-12-28)43(47)48/h10-14,26,29,31-35,40,44H,4-9,15-25H2,1-3H3,(H,41,45)/t26?,31-,32-,33+,34-,35-,38-,39+/m0/s1. The highest BCUT2D eigenvalue weighted by molar-refractivity contribution is 5.86. The zero-order valence-electron chi connectivity index (χ0n) is 29.4. The highest BCUT2D eigenvalue weighted by Gasteiger charge is 2.60. The summed E-state index contributed by atoms with van der Waals surface area (Å²) < 4.78 is 0. The predicted molar refractivity (Wildman–Crippen MR) is 188 cm³/mol. The Morgan fingerprint density at radius 3 is 2.50 bits per heavy atom. The average molecular weight is 663 g/mol. The van der Waals surface area contributed by atoms with Gasteiger partial charge in [-0.2, -0.15) is 0 Å². The Balaban J connectivity index is 1.12. The van der Waals surface area contributed by atoms with Gasteiger partial charge in [-0.1, -0.05) is 51.7 Å². The van der Waals surface area contributed by atoms with Crippen LogP contribution in [0.1, 0.15) is 111 Å². The monoisotopic (exact) mass is 662 g/mol. The van der Waals surface area contributed by atoms with Crippen LogP contribution in [0.5, 0.6) is 0 Å². The van der Waals surface area contributed by atoms with E-state index in [-0.39, 0.29) is 52.9 Å². The number of nitrogens with one attached hydrogen (secondary N) is 2. The van der Waals surface area contributed by atoms with E-state index in [1.807, 2.05) is 4.90 Å². The molecule has 0 radical (unpaired) electrons. The molecular formula is C39H58N4O5. The van der Waals surface area contributed by atoms with Crippen molar-refractivity contribution < 1.29 is 19.6 Å². The molecule has 0 saturated heterocycles. The summed E-state index contributed by atoms with van der Waals surface area (Å²) in [5.41, 5.74) is 2.66. The molecule has 0 bridgehead atoms. The van der Waals surface area contributed by atoms with Gasteiger partial charge in [0.2, 0.25) is 11.8 Å². The van der Waals surface area contributed by atoms with Crippen LogP contribution in [0.2, 0.25) is 0 Å². The number of nitrogens with zero attached hydrogens (tertiary/aromatic N) is 2. The first-order chi connectivity index (χ1) is 23.0. The number of nitro groups is 1. The zero-order valence-corrected chi connectivity index (χ0v) is 29.4. The maximum Gasteiger partial charge on any atom is 0.269 e. The minimum Gasteiger partial charge on any atom is -0.393 e. The molecule has 48 heavy (non-hydrogen) atoms. The maximum absolute atomic E-state index is 14.4. The Morgan fingerprint density at radius 1 is 1.02 bits per heavy atom. The molecule has 0 spiro atoms. The first kappa shape index (κ1) is 34.9. The Bertz CT molecular complexity index is 1360. The molecule has 264 valence electrons. The molecule has 9 nitrogen and oxygen atoms in total. The molecule has 5 aliphatic carbocycles. The molecule has 0 aliphatic heterocycles. The molecule has 1 unspecified atom stereocenters. The molecule has 6 rings (SSSR count). The average Bonchev–Trinajstić information content (AvgIpc) is 3.43. The molecule has 4 saturated carbocycles. The summed E-state index contributed by atoms with van der Waals surface area (Å²) >= 11 is 0. The smallest absolute Gasteiger partial charge is 0.269 e. The number of benzene rings is 1. The van der Waals surface area contributed by atoms with Crippen molar-refractivity contribution >= 4 is 23.2 Å². The van der Waals surface area contributed by atoms with Crippen molar-refractivity contribution in [3.05, 3.63) is 46.0 Å². The second-order valence-electron chi connectivity index (χ2n) is 16.4.